The minimum Gasteiger partial charge on any atom is -0.489 e. The highest BCUT2D eigenvalue weighted by molar-refractivity contribution is 6.59. The van der Waals surface area contributed by atoms with Crippen molar-refractivity contribution in [3.8, 4) is 5.75 Å². The summed E-state index contributed by atoms with van der Waals surface area (Å²) in [6.45, 7) is 9.24. The first-order chi connectivity index (χ1) is 12.1. The van der Waals surface area contributed by atoms with Crippen LogP contribution in [0.4, 0.5) is 0 Å². The Labute approximate surface area is 161 Å². The number of rotatable bonds is 4. The monoisotopic (exact) mass is 372 g/mol. The van der Waals surface area contributed by atoms with Gasteiger partial charge in [-0.25, -0.2) is 0 Å². The molecule has 0 spiro atoms. The van der Waals surface area contributed by atoms with Gasteiger partial charge in [-0.1, -0.05) is 57.5 Å². The second-order valence-corrected chi connectivity index (χ2v) is 8.93. The Morgan fingerprint density at radius 2 is 1.50 bits per heavy atom. The van der Waals surface area contributed by atoms with E-state index in [0.29, 0.717) is 22.8 Å². The van der Waals surface area contributed by atoms with Crippen LogP contribution in [0, 0.1) is 0 Å². The molecular formula is C21H26BClO3. The van der Waals surface area contributed by atoms with Crippen molar-refractivity contribution in [2.45, 2.75) is 58.0 Å². The number of hydrogen-bond donors (Lipinski definition) is 2. The molecular weight excluding hydrogens is 346 g/mol. The summed E-state index contributed by atoms with van der Waals surface area (Å²) in [6, 6.07) is 11.4. The van der Waals surface area contributed by atoms with Gasteiger partial charge < -0.3 is 14.8 Å². The van der Waals surface area contributed by atoms with Crippen LogP contribution in [0.15, 0.2) is 36.4 Å². The molecule has 5 heteroatoms. The molecule has 3 rings (SSSR count). The molecule has 0 saturated heterocycles. The molecule has 3 nitrogen and oxygen atoms in total. The average Bonchev–Trinajstić information content (AvgIpc) is 2.58. The van der Waals surface area contributed by atoms with Crippen LogP contribution in [0.3, 0.4) is 0 Å². The fourth-order valence-corrected chi connectivity index (χ4v) is 3.81. The molecule has 0 aliphatic heterocycles. The Morgan fingerprint density at radius 3 is 2.04 bits per heavy atom. The van der Waals surface area contributed by atoms with Crippen LogP contribution in [0.2, 0.25) is 5.02 Å². The lowest BCUT2D eigenvalue weighted by atomic mass is 9.61. The highest BCUT2D eigenvalue weighted by Crippen LogP contribution is 2.46. The maximum atomic E-state index is 9.90. The maximum Gasteiger partial charge on any atom is 0.492 e. The molecule has 0 amide bonds. The van der Waals surface area contributed by atoms with Crippen molar-refractivity contribution in [2.24, 2.45) is 0 Å². The quantitative estimate of drug-likeness (QED) is 0.799. The SMILES string of the molecule is CC1(C)CCC(C)(C)c2cc(B(O)O)c(OCc3ccc(Cl)cc3)cc21. The van der Waals surface area contributed by atoms with Crippen molar-refractivity contribution in [3.63, 3.8) is 0 Å². The number of halogens is 1. The largest absolute Gasteiger partial charge is 0.492 e. The predicted molar refractivity (Wildman–Crippen MR) is 107 cm³/mol. The summed E-state index contributed by atoms with van der Waals surface area (Å²) in [5.41, 5.74) is 3.83. The molecule has 0 saturated carbocycles. The van der Waals surface area contributed by atoms with Gasteiger partial charge in [0.05, 0.1) is 0 Å². The van der Waals surface area contributed by atoms with Crippen LogP contribution in [0.25, 0.3) is 0 Å². The highest BCUT2D eigenvalue weighted by atomic mass is 35.5. The number of fused-ring (bicyclic) bond motifs is 1. The van der Waals surface area contributed by atoms with Gasteiger partial charge in [-0.15, -0.1) is 0 Å². The summed E-state index contributed by atoms with van der Waals surface area (Å²) in [7, 11) is -1.57. The molecule has 2 aromatic carbocycles. The first-order valence-electron chi connectivity index (χ1n) is 9.02. The van der Waals surface area contributed by atoms with Crippen molar-refractivity contribution in [1.82, 2.24) is 0 Å². The molecule has 138 valence electrons. The smallest absolute Gasteiger partial charge is 0.489 e. The third-order valence-electron chi connectivity index (χ3n) is 5.57. The molecule has 0 radical (unpaired) electrons. The van der Waals surface area contributed by atoms with Gasteiger partial charge in [-0.2, -0.15) is 0 Å². The third kappa shape index (κ3) is 3.78. The number of hydrogen-bond acceptors (Lipinski definition) is 3. The molecule has 0 unspecified atom stereocenters. The lowest BCUT2D eigenvalue weighted by Crippen LogP contribution is -2.38. The Morgan fingerprint density at radius 1 is 0.962 bits per heavy atom. The lowest BCUT2D eigenvalue weighted by molar-refractivity contribution is 0.299. The van der Waals surface area contributed by atoms with E-state index in [1.165, 1.54) is 11.1 Å². The van der Waals surface area contributed by atoms with Crippen LogP contribution < -0.4 is 10.2 Å². The van der Waals surface area contributed by atoms with Crippen molar-refractivity contribution in [3.05, 3.63) is 58.1 Å². The van der Waals surface area contributed by atoms with Crippen LogP contribution in [-0.4, -0.2) is 17.2 Å². The van der Waals surface area contributed by atoms with E-state index in [1.54, 1.807) is 0 Å². The van der Waals surface area contributed by atoms with Crippen molar-refractivity contribution >= 4 is 24.2 Å². The number of benzene rings is 2. The van der Waals surface area contributed by atoms with Crippen molar-refractivity contribution in [1.29, 1.82) is 0 Å². The van der Waals surface area contributed by atoms with Crippen LogP contribution in [0.5, 0.6) is 5.75 Å². The van der Waals surface area contributed by atoms with Gasteiger partial charge in [-0.3, -0.25) is 0 Å². The van der Waals surface area contributed by atoms with E-state index in [0.717, 1.165) is 18.4 Å². The normalized spacial score (nSPS) is 17.5. The molecule has 2 N–H and O–H groups in total. The molecule has 0 fully saturated rings. The summed E-state index contributed by atoms with van der Waals surface area (Å²) >= 11 is 5.93. The summed E-state index contributed by atoms with van der Waals surface area (Å²) in [5.74, 6) is 0.527. The van der Waals surface area contributed by atoms with Gasteiger partial charge in [0.15, 0.2) is 0 Å². The van der Waals surface area contributed by atoms with E-state index in [2.05, 4.69) is 27.7 Å². The number of ether oxygens (including phenoxy) is 1. The standard InChI is InChI=1S/C21H26BClO3/c1-20(2)9-10-21(3,4)17-12-19(18(22(24)25)11-16(17)20)26-13-14-5-7-15(23)8-6-14/h5-8,11-12,24-25H,9-10,13H2,1-4H3. The molecule has 1 aliphatic carbocycles. The third-order valence-corrected chi connectivity index (χ3v) is 5.82. The van der Waals surface area contributed by atoms with Gasteiger partial charge >= 0.3 is 7.12 Å². The topological polar surface area (TPSA) is 49.7 Å². The van der Waals surface area contributed by atoms with Crippen LogP contribution in [-0.2, 0) is 17.4 Å². The molecule has 0 bridgehead atoms. The molecule has 2 aromatic rings. The van der Waals surface area contributed by atoms with Gasteiger partial charge in [-0.05, 0) is 58.6 Å². The minimum atomic E-state index is -1.57. The Balaban J connectivity index is 2.00. The van der Waals surface area contributed by atoms with E-state index in [4.69, 9.17) is 16.3 Å². The van der Waals surface area contributed by atoms with E-state index in [-0.39, 0.29) is 10.8 Å². The first kappa shape index (κ1) is 19.3. The van der Waals surface area contributed by atoms with Crippen molar-refractivity contribution < 1.29 is 14.8 Å². The zero-order valence-corrected chi connectivity index (χ0v) is 16.6. The van der Waals surface area contributed by atoms with E-state index >= 15 is 0 Å². The molecule has 1 aliphatic rings. The summed E-state index contributed by atoms with van der Waals surface area (Å²) in [5, 5.41) is 20.5. The van der Waals surface area contributed by atoms with Gasteiger partial charge in [0.1, 0.15) is 12.4 Å². The van der Waals surface area contributed by atoms with E-state index in [9.17, 15) is 10.0 Å². The van der Waals surface area contributed by atoms with Gasteiger partial charge in [0, 0.05) is 10.5 Å². The fourth-order valence-electron chi connectivity index (χ4n) is 3.68. The zero-order chi connectivity index (χ0) is 19.1. The van der Waals surface area contributed by atoms with E-state index in [1.807, 2.05) is 36.4 Å². The first-order valence-corrected chi connectivity index (χ1v) is 9.40. The summed E-state index contributed by atoms with van der Waals surface area (Å²) < 4.78 is 5.99. The Kier molecular flexibility index (Phi) is 5.13. The van der Waals surface area contributed by atoms with Crippen molar-refractivity contribution in [2.75, 3.05) is 0 Å². The molecule has 0 atom stereocenters. The maximum absolute atomic E-state index is 9.90. The zero-order valence-electron chi connectivity index (χ0n) is 15.8. The van der Waals surface area contributed by atoms with Crippen LogP contribution in [0.1, 0.15) is 57.2 Å². The van der Waals surface area contributed by atoms with Crippen LogP contribution >= 0.6 is 11.6 Å². The second kappa shape index (κ2) is 6.92. The van der Waals surface area contributed by atoms with Gasteiger partial charge in [0.25, 0.3) is 0 Å². The second-order valence-electron chi connectivity index (χ2n) is 8.49. The highest BCUT2D eigenvalue weighted by Gasteiger charge is 2.38. The summed E-state index contributed by atoms with van der Waals surface area (Å²) in [6.07, 6.45) is 2.16. The molecule has 0 aromatic heterocycles. The lowest BCUT2D eigenvalue weighted by Gasteiger charge is -2.42. The summed E-state index contributed by atoms with van der Waals surface area (Å²) in [4.78, 5) is 0. The Hall–Kier alpha value is -1.49. The molecule has 26 heavy (non-hydrogen) atoms. The average molecular weight is 373 g/mol. The van der Waals surface area contributed by atoms with Gasteiger partial charge in [0.2, 0.25) is 0 Å². The van der Waals surface area contributed by atoms with E-state index < -0.39 is 7.12 Å². The molecule has 0 heterocycles. The fraction of sp³-hybridized carbons (Fsp3) is 0.429. The Bertz CT molecular complexity index is 798. The predicted octanol–water partition coefficient (Wildman–Crippen LogP) is 3.95. The minimum absolute atomic E-state index is 0.00318.